The third-order valence-corrected chi connectivity index (χ3v) is 6.72. The van der Waals surface area contributed by atoms with Gasteiger partial charge in [0.05, 0.1) is 23.5 Å². The van der Waals surface area contributed by atoms with Crippen molar-refractivity contribution < 1.29 is 9.53 Å². The number of carbonyl (C=O) groups is 1. The lowest BCUT2D eigenvalue weighted by molar-refractivity contribution is 0.0627. The number of rotatable bonds is 2. The molecule has 4 rings (SSSR count). The van der Waals surface area contributed by atoms with Crippen LogP contribution in [-0.4, -0.2) is 60.2 Å². The van der Waals surface area contributed by atoms with Crippen LogP contribution in [0.4, 0.5) is 5.82 Å². The van der Waals surface area contributed by atoms with E-state index in [2.05, 4.69) is 23.7 Å². The van der Waals surface area contributed by atoms with Crippen LogP contribution in [-0.2, 0) is 4.74 Å². The number of amides is 1. The SMILES string of the molecule is Cc1nc(N2CCOCC2)c2c(C)c(C(=O)N3C[C@H](C)C[C@H](C)C3)sc2n1. The molecule has 0 aromatic carbocycles. The number of aryl methyl sites for hydroxylation is 2. The second-order valence-corrected chi connectivity index (χ2v) is 9.09. The highest BCUT2D eigenvalue weighted by Crippen LogP contribution is 2.37. The van der Waals surface area contributed by atoms with Crippen LogP contribution < -0.4 is 4.90 Å². The van der Waals surface area contributed by atoms with Crippen LogP contribution in [0.3, 0.4) is 0 Å². The quantitative estimate of drug-likeness (QED) is 0.790. The topological polar surface area (TPSA) is 58.6 Å². The standard InChI is InChI=1S/C20H28N4O2S/c1-12-9-13(2)11-24(10-12)20(25)17-14(3)16-18(23-5-7-26-8-6-23)21-15(4)22-19(16)27-17/h12-13H,5-11H2,1-4H3/t12-,13+. The van der Waals surface area contributed by atoms with Gasteiger partial charge < -0.3 is 14.5 Å². The van der Waals surface area contributed by atoms with E-state index in [9.17, 15) is 4.79 Å². The highest BCUT2D eigenvalue weighted by molar-refractivity contribution is 7.20. The van der Waals surface area contributed by atoms with E-state index >= 15 is 0 Å². The molecule has 27 heavy (non-hydrogen) atoms. The maximum Gasteiger partial charge on any atom is 0.264 e. The minimum absolute atomic E-state index is 0.152. The van der Waals surface area contributed by atoms with Gasteiger partial charge in [0.1, 0.15) is 16.5 Å². The Balaban J connectivity index is 1.74. The van der Waals surface area contributed by atoms with Gasteiger partial charge in [0.15, 0.2) is 0 Å². The Morgan fingerprint density at radius 1 is 1.11 bits per heavy atom. The van der Waals surface area contributed by atoms with Crippen molar-refractivity contribution in [3.8, 4) is 0 Å². The van der Waals surface area contributed by atoms with Gasteiger partial charge in [0.25, 0.3) is 5.91 Å². The van der Waals surface area contributed by atoms with Crippen molar-refractivity contribution in [1.29, 1.82) is 0 Å². The number of carbonyl (C=O) groups excluding carboxylic acids is 1. The minimum Gasteiger partial charge on any atom is -0.378 e. The lowest BCUT2D eigenvalue weighted by atomic mass is 9.92. The lowest BCUT2D eigenvalue weighted by Crippen LogP contribution is -2.42. The maximum atomic E-state index is 13.3. The van der Waals surface area contributed by atoms with Gasteiger partial charge in [-0.05, 0) is 37.7 Å². The van der Waals surface area contributed by atoms with Crippen molar-refractivity contribution in [3.63, 3.8) is 0 Å². The summed E-state index contributed by atoms with van der Waals surface area (Å²) >= 11 is 1.52. The molecule has 6 nitrogen and oxygen atoms in total. The third kappa shape index (κ3) is 3.55. The molecular weight excluding hydrogens is 360 g/mol. The molecule has 0 radical (unpaired) electrons. The van der Waals surface area contributed by atoms with E-state index in [0.29, 0.717) is 25.0 Å². The minimum atomic E-state index is 0.152. The maximum absolute atomic E-state index is 13.3. The van der Waals surface area contributed by atoms with Crippen LogP contribution in [0.1, 0.15) is 41.3 Å². The molecule has 4 heterocycles. The Kier molecular flexibility index (Phi) is 5.07. The van der Waals surface area contributed by atoms with Crippen LogP contribution in [0.25, 0.3) is 10.2 Å². The molecule has 2 aromatic heterocycles. The van der Waals surface area contributed by atoms with Crippen molar-refractivity contribution in [2.24, 2.45) is 11.8 Å². The molecule has 7 heteroatoms. The van der Waals surface area contributed by atoms with Crippen molar-refractivity contribution in [1.82, 2.24) is 14.9 Å². The summed E-state index contributed by atoms with van der Waals surface area (Å²) in [6.07, 6.45) is 1.20. The fourth-order valence-electron chi connectivity index (χ4n) is 4.40. The third-order valence-electron chi connectivity index (χ3n) is 5.54. The number of hydrogen-bond acceptors (Lipinski definition) is 6. The van der Waals surface area contributed by atoms with E-state index in [4.69, 9.17) is 9.72 Å². The summed E-state index contributed by atoms with van der Waals surface area (Å²) < 4.78 is 5.49. The highest BCUT2D eigenvalue weighted by atomic mass is 32.1. The first kappa shape index (κ1) is 18.6. The number of likely N-dealkylation sites (tertiary alicyclic amines) is 1. The molecular formula is C20H28N4O2S. The fraction of sp³-hybridized carbons (Fsp3) is 0.650. The van der Waals surface area contributed by atoms with Crippen LogP contribution in [0.2, 0.25) is 0 Å². The van der Waals surface area contributed by atoms with Crippen molar-refractivity contribution in [2.75, 3.05) is 44.3 Å². The second-order valence-electron chi connectivity index (χ2n) is 8.09. The molecule has 0 aliphatic carbocycles. The molecule has 2 aromatic rings. The summed E-state index contributed by atoms with van der Waals surface area (Å²) in [7, 11) is 0. The molecule has 2 atom stereocenters. The van der Waals surface area contributed by atoms with E-state index in [1.54, 1.807) is 0 Å². The van der Waals surface area contributed by atoms with Gasteiger partial charge in [-0.3, -0.25) is 4.79 Å². The second kappa shape index (κ2) is 7.36. The average Bonchev–Trinajstić information content (AvgIpc) is 2.96. The van der Waals surface area contributed by atoms with E-state index in [1.165, 1.54) is 17.8 Å². The van der Waals surface area contributed by atoms with E-state index < -0.39 is 0 Å². The molecule has 1 amide bonds. The largest absolute Gasteiger partial charge is 0.378 e. The van der Waals surface area contributed by atoms with Gasteiger partial charge in [0, 0.05) is 26.2 Å². The molecule has 0 spiro atoms. The molecule has 2 aliphatic heterocycles. The summed E-state index contributed by atoms with van der Waals surface area (Å²) in [6, 6.07) is 0. The number of nitrogens with zero attached hydrogens (tertiary/aromatic N) is 4. The summed E-state index contributed by atoms with van der Waals surface area (Å²) in [4.78, 5) is 28.7. The first-order valence-corrected chi connectivity index (χ1v) is 10.7. The zero-order valence-corrected chi connectivity index (χ0v) is 17.4. The van der Waals surface area contributed by atoms with Gasteiger partial charge in [-0.15, -0.1) is 11.3 Å². The lowest BCUT2D eigenvalue weighted by Gasteiger charge is -2.34. The van der Waals surface area contributed by atoms with Crippen LogP contribution >= 0.6 is 11.3 Å². The molecule has 2 fully saturated rings. The van der Waals surface area contributed by atoms with Crippen LogP contribution in [0.15, 0.2) is 0 Å². The number of thiophene rings is 1. The van der Waals surface area contributed by atoms with Crippen molar-refractivity contribution in [3.05, 3.63) is 16.3 Å². The Labute approximate surface area is 164 Å². The molecule has 0 unspecified atom stereocenters. The van der Waals surface area contributed by atoms with Crippen molar-refractivity contribution >= 4 is 33.3 Å². The summed E-state index contributed by atoms with van der Waals surface area (Å²) in [5.74, 6) is 2.97. The monoisotopic (exact) mass is 388 g/mol. The summed E-state index contributed by atoms with van der Waals surface area (Å²) in [5, 5.41) is 1.04. The highest BCUT2D eigenvalue weighted by Gasteiger charge is 2.30. The van der Waals surface area contributed by atoms with Gasteiger partial charge in [-0.25, -0.2) is 9.97 Å². The van der Waals surface area contributed by atoms with E-state index in [1.807, 2.05) is 18.7 Å². The van der Waals surface area contributed by atoms with Crippen LogP contribution in [0, 0.1) is 25.7 Å². The van der Waals surface area contributed by atoms with Crippen LogP contribution in [0.5, 0.6) is 0 Å². The molecule has 0 N–H and O–H groups in total. The molecule has 146 valence electrons. The fourth-order valence-corrected chi connectivity index (χ4v) is 5.59. The zero-order valence-electron chi connectivity index (χ0n) is 16.6. The predicted octanol–water partition coefficient (Wildman–Crippen LogP) is 3.26. The van der Waals surface area contributed by atoms with Gasteiger partial charge in [-0.1, -0.05) is 13.8 Å². The Morgan fingerprint density at radius 3 is 2.44 bits per heavy atom. The number of ether oxygens (including phenoxy) is 1. The van der Waals surface area contributed by atoms with Gasteiger partial charge in [-0.2, -0.15) is 0 Å². The Hall–Kier alpha value is -1.73. The molecule has 2 saturated heterocycles. The normalized spacial score (nSPS) is 23.9. The average molecular weight is 389 g/mol. The number of aromatic nitrogens is 2. The van der Waals surface area contributed by atoms with E-state index in [0.717, 1.165) is 58.5 Å². The molecule has 0 bridgehead atoms. The molecule has 0 saturated carbocycles. The predicted molar refractivity (Wildman–Crippen MR) is 109 cm³/mol. The summed E-state index contributed by atoms with van der Waals surface area (Å²) in [6.45, 7) is 13.2. The number of morpholine rings is 1. The number of fused-ring (bicyclic) bond motifs is 1. The zero-order chi connectivity index (χ0) is 19.1. The first-order valence-electron chi connectivity index (χ1n) is 9.83. The molecule has 2 aliphatic rings. The number of anilines is 1. The van der Waals surface area contributed by atoms with Gasteiger partial charge in [0.2, 0.25) is 0 Å². The number of hydrogen-bond donors (Lipinski definition) is 0. The Morgan fingerprint density at radius 2 is 1.78 bits per heavy atom. The Bertz CT molecular complexity index is 849. The number of piperidine rings is 1. The summed E-state index contributed by atoms with van der Waals surface area (Å²) in [5.41, 5.74) is 1.02. The first-order chi connectivity index (χ1) is 12.9. The van der Waals surface area contributed by atoms with Gasteiger partial charge >= 0.3 is 0 Å². The van der Waals surface area contributed by atoms with Crippen molar-refractivity contribution in [2.45, 2.75) is 34.1 Å². The smallest absolute Gasteiger partial charge is 0.264 e. The van der Waals surface area contributed by atoms with E-state index in [-0.39, 0.29) is 5.91 Å².